The van der Waals surface area contributed by atoms with E-state index < -0.39 is 0 Å². The van der Waals surface area contributed by atoms with Gasteiger partial charge in [-0.05, 0) is 76.0 Å². The summed E-state index contributed by atoms with van der Waals surface area (Å²) in [5.74, 6) is 10.1. The van der Waals surface area contributed by atoms with E-state index in [9.17, 15) is 4.79 Å². The number of aromatic nitrogens is 3. The second kappa shape index (κ2) is 5.63. The normalized spacial score (nSPS) is 37.2. The number of carbonyl (C=O) groups excluding carboxylic acids is 1. The highest BCUT2D eigenvalue weighted by atomic mass is 32.2. The van der Waals surface area contributed by atoms with Gasteiger partial charge in [0, 0.05) is 11.5 Å². The van der Waals surface area contributed by atoms with Gasteiger partial charge in [0.05, 0.1) is 5.25 Å². The average molecular weight is 362 g/mol. The van der Waals surface area contributed by atoms with Crippen LogP contribution in [-0.4, -0.2) is 31.6 Å². The maximum atomic E-state index is 12.9. The Kier molecular flexibility index (Phi) is 3.60. The van der Waals surface area contributed by atoms with Crippen molar-refractivity contribution in [1.82, 2.24) is 20.2 Å². The summed E-state index contributed by atoms with van der Waals surface area (Å²) in [6.07, 6.45) is 9.99. The molecular weight excluding hydrogens is 334 g/mol. The first-order valence-electron chi connectivity index (χ1n) is 9.70. The number of amides is 1. The molecule has 7 heteroatoms. The van der Waals surface area contributed by atoms with Crippen LogP contribution >= 0.6 is 11.8 Å². The molecule has 6 nitrogen and oxygen atoms in total. The summed E-state index contributed by atoms with van der Waals surface area (Å²) >= 11 is 1.43. The van der Waals surface area contributed by atoms with E-state index >= 15 is 0 Å². The molecule has 4 bridgehead atoms. The van der Waals surface area contributed by atoms with Gasteiger partial charge in [-0.2, -0.15) is 0 Å². The van der Waals surface area contributed by atoms with Crippen molar-refractivity contribution in [3.8, 4) is 0 Å². The van der Waals surface area contributed by atoms with Crippen LogP contribution in [0.15, 0.2) is 5.16 Å². The zero-order valence-corrected chi connectivity index (χ0v) is 15.6. The summed E-state index contributed by atoms with van der Waals surface area (Å²) in [6.45, 7) is 1.95. The van der Waals surface area contributed by atoms with Crippen molar-refractivity contribution in [2.24, 2.45) is 17.8 Å². The topological polar surface area (TPSA) is 85.8 Å². The zero-order valence-electron chi connectivity index (χ0n) is 14.8. The molecule has 1 heterocycles. The first kappa shape index (κ1) is 16.0. The van der Waals surface area contributed by atoms with Crippen LogP contribution < -0.4 is 11.2 Å². The van der Waals surface area contributed by atoms with Crippen molar-refractivity contribution in [2.75, 3.05) is 5.84 Å². The minimum Gasteiger partial charge on any atom is -0.350 e. The third kappa shape index (κ3) is 2.84. The number of nitrogens with two attached hydrogens (primary N) is 1. The molecule has 0 saturated heterocycles. The van der Waals surface area contributed by atoms with E-state index in [2.05, 4.69) is 15.5 Å². The number of hydrogen-bond acceptors (Lipinski definition) is 5. The van der Waals surface area contributed by atoms with E-state index in [0.29, 0.717) is 11.1 Å². The summed E-state index contributed by atoms with van der Waals surface area (Å²) in [5.41, 5.74) is 0.0657. The Morgan fingerprint density at radius 2 is 1.80 bits per heavy atom. The third-order valence-corrected chi connectivity index (χ3v) is 7.77. The second-order valence-corrected chi connectivity index (χ2v) is 10.2. The summed E-state index contributed by atoms with van der Waals surface area (Å²) in [7, 11) is 0. The monoisotopic (exact) mass is 361 g/mol. The van der Waals surface area contributed by atoms with E-state index in [1.54, 1.807) is 4.68 Å². The third-order valence-electron chi connectivity index (χ3n) is 6.71. The minimum atomic E-state index is -0.202. The van der Waals surface area contributed by atoms with Crippen molar-refractivity contribution < 1.29 is 4.79 Å². The molecule has 6 rings (SSSR count). The van der Waals surface area contributed by atoms with E-state index in [0.717, 1.165) is 36.4 Å². The Morgan fingerprint density at radius 3 is 2.36 bits per heavy atom. The van der Waals surface area contributed by atoms with Crippen molar-refractivity contribution in [3.05, 3.63) is 5.82 Å². The zero-order chi connectivity index (χ0) is 17.2. The number of nitrogen functional groups attached to an aromatic ring is 1. The fourth-order valence-electron chi connectivity index (χ4n) is 5.83. The molecule has 5 saturated carbocycles. The van der Waals surface area contributed by atoms with Gasteiger partial charge in [0.1, 0.15) is 0 Å². The van der Waals surface area contributed by atoms with Gasteiger partial charge >= 0.3 is 0 Å². The predicted octanol–water partition coefficient (Wildman–Crippen LogP) is 2.43. The molecule has 25 heavy (non-hydrogen) atoms. The number of thioether (sulfide) groups is 1. The highest BCUT2D eigenvalue weighted by Gasteiger charge is 2.51. The summed E-state index contributed by atoms with van der Waals surface area (Å²) in [6, 6.07) is 0. The number of nitrogens with zero attached hydrogens (tertiary/aromatic N) is 3. The van der Waals surface area contributed by atoms with Crippen LogP contribution in [0.5, 0.6) is 0 Å². The van der Waals surface area contributed by atoms with Gasteiger partial charge in [-0.15, -0.1) is 10.2 Å². The molecular formula is C18H27N5OS. The fourth-order valence-corrected chi connectivity index (χ4v) is 6.60. The molecule has 0 radical (unpaired) electrons. The molecule has 1 amide bonds. The van der Waals surface area contributed by atoms with Crippen LogP contribution in [0.2, 0.25) is 0 Å². The molecule has 5 aliphatic rings. The summed E-state index contributed by atoms with van der Waals surface area (Å²) in [4.78, 5) is 12.9. The Balaban J connectivity index is 1.25. The van der Waals surface area contributed by atoms with Crippen LogP contribution in [-0.2, 0) is 4.79 Å². The van der Waals surface area contributed by atoms with Crippen LogP contribution in [0.25, 0.3) is 0 Å². The van der Waals surface area contributed by atoms with E-state index in [4.69, 9.17) is 5.84 Å². The molecule has 5 aliphatic carbocycles. The Morgan fingerprint density at radius 1 is 1.20 bits per heavy atom. The lowest BCUT2D eigenvalue weighted by atomic mass is 9.53. The van der Waals surface area contributed by atoms with E-state index in [1.165, 1.54) is 50.3 Å². The molecule has 136 valence electrons. The molecule has 3 N–H and O–H groups in total. The lowest BCUT2D eigenvalue weighted by molar-refractivity contribution is -0.126. The number of rotatable bonds is 5. The van der Waals surface area contributed by atoms with Crippen LogP contribution in [0.3, 0.4) is 0 Å². The van der Waals surface area contributed by atoms with E-state index in [-0.39, 0.29) is 16.7 Å². The SMILES string of the molecule is C[C@@H](Sc1nnc(C2CC2)n1N)C(=O)NC12CC3CC(CC(C3)C1)C2. The molecule has 1 aromatic heterocycles. The fraction of sp³-hybridized carbons (Fsp3) is 0.833. The maximum Gasteiger partial charge on any atom is 0.233 e. The largest absolute Gasteiger partial charge is 0.350 e. The van der Waals surface area contributed by atoms with Gasteiger partial charge < -0.3 is 11.2 Å². The van der Waals surface area contributed by atoms with Crippen molar-refractivity contribution >= 4 is 17.7 Å². The lowest BCUT2D eigenvalue weighted by Crippen LogP contribution is -2.60. The molecule has 5 fully saturated rings. The minimum absolute atomic E-state index is 0.0657. The second-order valence-electron chi connectivity index (χ2n) is 8.93. The Hall–Kier alpha value is -1.24. The van der Waals surface area contributed by atoms with Crippen LogP contribution in [0, 0.1) is 17.8 Å². The highest BCUT2D eigenvalue weighted by molar-refractivity contribution is 8.00. The van der Waals surface area contributed by atoms with E-state index in [1.807, 2.05) is 6.92 Å². The van der Waals surface area contributed by atoms with Gasteiger partial charge in [-0.3, -0.25) is 4.79 Å². The highest BCUT2D eigenvalue weighted by Crippen LogP contribution is 2.55. The quantitative estimate of drug-likeness (QED) is 0.621. The Bertz CT molecular complexity index is 662. The van der Waals surface area contributed by atoms with Crippen LogP contribution in [0.1, 0.15) is 70.0 Å². The first-order valence-corrected chi connectivity index (χ1v) is 10.6. The van der Waals surface area contributed by atoms with Crippen molar-refractivity contribution in [2.45, 2.75) is 80.2 Å². The summed E-state index contributed by atoms with van der Waals surface area (Å²) in [5, 5.41) is 12.3. The molecule has 0 spiro atoms. The molecule has 0 unspecified atom stereocenters. The molecule has 0 aromatic carbocycles. The maximum absolute atomic E-state index is 12.9. The standard InChI is InChI=1S/C18H27N5OS/c1-10(25-17-22-21-15(23(17)19)14-2-3-14)16(24)20-18-7-11-4-12(8-18)6-13(5-11)9-18/h10-14H,2-9,19H2,1H3,(H,20,24)/t10-,11?,12?,13?,18?/m1/s1. The molecule has 1 atom stereocenters. The molecule has 1 aromatic rings. The van der Waals surface area contributed by atoms with Gasteiger partial charge in [0.2, 0.25) is 11.1 Å². The van der Waals surface area contributed by atoms with Gasteiger partial charge in [0.15, 0.2) is 5.82 Å². The summed E-state index contributed by atoms with van der Waals surface area (Å²) < 4.78 is 1.58. The van der Waals surface area contributed by atoms with Gasteiger partial charge in [0.25, 0.3) is 0 Å². The first-order chi connectivity index (χ1) is 12.0. The lowest BCUT2D eigenvalue weighted by Gasteiger charge is -2.57. The number of hydrogen-bond donors (Lipinski definition) is 2. The van der Waals surface area contributed by atoms with Gasteiger partial charge in [-0.25, -0.2) is 4.68 Å². The smallest absolute Gasteiger partial charge is 0.233 e. The molecule has 0 aliphatic heterocycles. The Labute approximate surface area is 152 Å². The average Bonchev–Trinajstić information content (AvgIpc) is 3.31. The number of nitrogens with one attached hydrogen (secondary N) is 1. The van der Waals surface area contributed by atoms with Gasteiger partial charge in [-0.1, -0.05) is 11.8 Å². The number of carbonyl (C=O) groups is 1. The van der Waals surface area contributed by atoms with Crippen molar-refractivity contribution in [3.63, 3.8) is 0 Å². The van der Waals surface area contributed by atoms with Crippen LogP contribution in [0.4, 0.5) is 0 Å². The van der Waals surface area contributed by atoms with Crippen molar-refractivity contribution in [1.29, 1.82) is 0 Å². The predicted molar refractivity (Wildman–Crippen MR) is 96.5 cm³/mol.